The average Bonchev–Trinajstić information content (AvgIpc) is 2.39. The number of anilines is 1. The molecule has 1 aromatic heterocycles. The molecule has 2 rings (SSSR count). The SMILES string of the molecule is CN(Cc1ccncc1)c1cccc(Cl)c1CBr. The molecule has 1 heterocycles. The molecule has 2 aromatic rings. The van der Waals surface area contributed by atoms with Crippen molar-refractivity contribution in [2.75, 3.05) is 11.9 Å². The van der Waals surface area contributed by atoms with Crippen molar-refractivity contribution in [1.82, 2.24) is 4.98 Å². The fourth-order valence-corrected chi connectivity index (χ4v) is 2.87. The van der Waals surface area contributed by atoms with Crippen LogP contribution in [-0.2, 0) is 11.9 Å². The maximum Gasteiger partial charge on any atom is 0.0467 e. The first-order valence-corrected chi connectivity index (χ1v) is 7.15. The zero-order valence-electron chi connectivity index (χ0n) is 10.1. The minimum Gasteiger partial charge on any atom is -0.370 e. The summed E-state index contributed by atoms with van der Waals surface area (Å²) in [6.45, 7) is 0.836. The Morgan fingerprint density at radius 3 is 2.61 bits per heavy atom. The molecule has 0 spiro atoms. The summed E-state index contributed by atoms with van der Waals surface area (Å²) in [6, 6.07) is 10.0. The highest BCUT2D eigenvalue weighted by Crippen LogP contribution is 2.29. The highest BCUT2D eigenvalue weighted by atomic mass is 79.9. The van der Waals surface area contributed by atoms with Gasteiger partial charge in [0.1, 0.15) is 0 Å². The van der Waals surface area contributed by atoms with Crippen molar-refractivity contribution >= 4 is 33.2 Å². The first-order valence-electron chi connectivity index (χ1n) is 5.65. The Bertz CT molecular complexity index is 516. The predicted octanol–water partition coefficient (Wildman–Crippen LogP) is 4.27. The predicted molar refractivity (Wildman–Crippen MR) is 80.4 cm³/mol. The summed E-state index contributed by atoms with van der Waals surface area (Å²) >= 11 is 9.70. The van der Waals surface area contributed by atoms with Crippen molar-refractivity contribution < 1.29 is 0 Å². The van der Waals surface area contributed by atoms with Crippen LogP contribution >= 0.6 is 27.5 Å². The number of pyridine rings is 1. The van der Waals surface area contributed by atoms with E-state index in [1.54, 1.807) is 0 Å². The summed E-state index contributed by atoms with van der Waals surface area (Å²) in [5.74, 6) is 0. The van der Waals surface area contributed by atoms with Crippen molar-refractivity contribution in [2.24, 2.45) is 0 Å². The van der Waals surface area contributed by atoms with E-state index in [1.165, 1.54) is 5.56 Å². The van der Waals surface area contributed by atoms with Gasteiger partial charge in [0.05, 0.1) is 0 Å². The molecule has 0 unspecified atom stereocenters. The van der Waals surface area contributed by atoms with Gasteiger partial charge in [0.15, 0.2) is 0 Å². The highest BCUT2D eigenvalue weighted by Gasteiger charge is 2.10. The zero-order valence-corrected chi connectivity index (χ0v) is 12.4. The van der Waals surface area contributed by atoms with Crippen LogP contribution in [0.2, 0.25) is 5.02 Å². The molecule has 0 radical (unpaired) electrons. The molecule has 4 heteroatoms. The zero-order chi connectivity index (χ0) is 13.0. The summed E-state index contributed by atoms with van der Waals surface area (Å²) in [6.07, 6.45) is 3.62. The lowest BCUT2D eigenvalue weighted by atomic mass is 10.1. The normalized spacial score (nSPS) is 10.4. The van der Waals surface area contributed by atoms with Crippen LogP contribution < -0.4 is 4.90 Å². The number of hydrogen-bond donors (Lipinski definition) is 0. The van der Waals surface area contributed by atoms with E-state index >= 15 is 0 Å². The van der Waals surface area contributed by atoms with Crippen molar-refractivity contribution in [3.05, 3.63) is 58.9 Å². The molecule has 2 nitrogen and oxygen atoms in total. The average molecular weight is 326 g/mol. The Balaban J connectivity index is 2.24. The molecular formula is C14H14BrClN2. The molecule has 0 N–H and O–H groups in total. The van der Waals surface area contributed by atoms with E-state index in [4.69, 9.17) is 11.6 Å². The molecule has 18 heavy (non-hydrogen) atoms. The summed E-state index contributed by atoms with van der Waals surface area (Å²) in [4.78, 5) is 6.22. The number of aromatic nitrogens is 1. The van der Waals surface area contributed by atoms with Crippen LogP contribution in [0.15, 0.2) is 42.7 Å². The number of halogens is 2. The first-order chi connectivity index (χ1) is 8.72. The number of nitrogens with zero attached hydrogens (tertiary/aromatic N) is 2. The molecule has 94 valence electrons. The Morgan fingerprint density at radius 1 is 1.22 bits per heavy atom. The maximum absolute atomic E-state index is 6.21. The maximum atomic E-state index is 6.21. The summed E-state index contributed by atoms with van der Waals surface area (Å²) in [7, 11) is 2.07. The molecule has 0 aliphatic rings. The Kier molecular flexibility index (Phi) is 4.61. The van der Waals surface area contributed by atoms with E-state index in [2.05, 4.69) is 38.9 Å². The molecule has 0 saturated carbocycles. The van der Waals surface area contributed by atoms with E-state index in [1.807, 2.05) is 36.7 Å². The third kappa shape index (κ3) is 3.03. The van der Waals surface area contributed by atoms with E-state index < -0.39 is 0 Å². The van der Waals surface area contributed by atoms with Gasteiger partial charge in [-0.3, -0.25) is 4.98 Å². The fourth-order valence-electron chi connectivity index (χ4n) is 1.88. The van der Waals surface area contributed by atoms with Crippen molar-refractivity contribution in [3.8, 4) is 0 Å². The molecule has 0 bridgehead atoms. The van der Waals surface area contributed by atoms with Gasteiger partial charge in [0.25, 0.3) is 0 Å². The Morgan fingerprint density at radius 2 is 1.94 bits per heavy atom. The van der Waals surface area contributed by atoms with Gasteiger partial charge in [-0.2, -0.15) is 0 Å². The quantitative estimate of drug-likeness (QED) is 0.781. The summed E-state index contributed by atoms with van der Waals surface area (Å²) < 4.78 is 0. The fraction of sp³-hybridized carbons (Fsp3) is 0.214. The van der Waals surface area contributed by atoms with Crippen LogP contribution in [-0.4, -0.2) is 12.0 Å². The molecule has 0 aliphatic heterocycles. The number of rotatable bonds is 4. The van der Waals surface area contributed by atoms with Gasteiger partial charge in [0, 0.05) is 47.6 Å². The van der Waals surface area contributed by atoms with Gasteiger partial charge in [-0.1, -0.05) is 33.6 Å². The standard InChI is InChI=1S/C14H14BrClN2/c1-18(10-11-5-7-17-8-6-11)14-4-2-3-13(16)12(14)9-15/h2-8H,9-10H2,1H3. The van der Waals surface area contributed by atoms with Crippen LogP contribution in [0.3, 0.4) is 0 Å². The van der Waals surface area contributed by atoms with Crippen molar-refractivity contribution in [1.29, 1.82) is 0 Å². The first kappa shape index (κ1) is 13.4. The van der Waals surface area contributed by atoms with Gasteiger partial charge in [0.2, 0.25) is 0 Å². The third-order valence-electron chi connectivity index (χ3n) is 2.81. The molecule has 0 amide bonds. The van der Waals surface area contributed by atoms with E-state index in [-0.39, 0.29) is 0 Å². The lowest BCUT2D eigenvalue weighted by Gasteiger charge is -2.22. The second-order valence-electron chi connectivity index (χ2n) is 4.08. The minimum atomic E-state index is 0.753. The topological polar surface area (TPSA) is 16.1 Å². The van der Waals surface area contributed by atoms with E-state index in [0.717, 1.165) is 28.1 Å². The van der Waals surface area contributed by atoms with E-state index in [9.17, 15) is 0 Å². The van der Waals surface area contributed by atoms with E-state index in [0.29, 0.717) is 0 Å². The molecule has 0 fully saturated rings. The highest BCUT2D eigenvalue weighted by molar-refractivity contribution is 9.08. The second-order valence-corrected chi connectivity index (χ2v) is 5.05. The number of hydrogen-bond acceptors (Lipinski definition) is 2. The molecule has 0 saturated heterocycles. The van der Waals surface area contributed by atoms with Crippen LogP contribution in [0.1, 0.15) is 11.1 Å². The van der Waals surface area contributed by atoms with Crippen molar-refractivity contribution in [3.63, 3.8) is 0 Å². The smallest absolute Gasteiger partial charge is 0.0467 e. The van der Waals surface area contributed by atoms with Crippen LogP contribution in [0.4, 0.5) is 5.69 Å². The largest absolute Gasteiger partial charge is 0.370 e. The summed E-state index contributed by atoms with van der Waals surface area (Å²) in [5, 5.41) is 1.55. The van der Waals surface area contributed by atoms with Gasteiger partial charge in [-0.25, -0.2) is 0 Å². The molecule has 0 aliphatic carbocycles. The van der Waals surface area contributed by atoms with Gasteiger partial charge in [-0.15, -0.1) is 0 Å². The number of benzene rings is 1. The van der Waals surface area contributed by atoms with Crippen LogP contribution in [0.25, 0.3) is 0 Å². The van der Waals surface area contributed by atoms with Crippen molar-refractivity contribution in [2.45, 2.75) is 11.9 Å². The van der Waals surface area contributed by atoms with Crippen LogP contribution in [0.5, 0.6) is 0 Å². The summed E-state index contributed by atoms with van der Waals surface area (Å²) in [5.41, 5.74) is 3.50. The molecule has 1 aromatic carbocycles. The Labute approximate surface area is 121 Å². The Hall–Kier alpha value is -1.06. The third-order valence-corrected chi connectivity index (χ3v) is 3.72. The number of alkyl halides is 1. The van der Waals surface area contributed by atoms with Gasteiger partial charge < -0.3 is 4.90 Å². The minimum absolute atomic E-state index is 0.753. The lowest BCUT2D eigenvalue weighted by Crippen LogP contribution is -2.17. The molecular weight excluding hydrogens is 312 g/mol. The van der Waals surface area contributed by atoms with Gasteiger partial charge >= 0.3 is 0 Å². The lowest BCUT2D eigenvalue weighted by molar-refractivity contribution is 0.913. The molecule has 0 atom stereocenters. The second kappa shape index (κ2) is 6.21. The monoisotopic (exact) mass is 324 g/mol. The van der Waals surface area contributed by atoms with Gasteiger partial charge in [-0.05, 0) is 29.8 Å². The van der Waals surface area contributed by atoms with Crippen LogP contribution in [0, 0.1) is 0 Å².